The number of carbonyl (C=O) groups is 1. The molecule has 21 heavy (non-hydrogen) atoms. The summed E-state index contributed by atoms with van der Waals surface area (Å²) in [5.74, 6) is -2.41. The molecule has 0 heterocycles. The van der Waals surface area contributed by atoms with Crippen molar-refractivity contribution in [1.82, 2.24) is 5.32 Å². The molecule has 0 spiro atoms. The van der Waals surface area contributed by atoms with Crippen molar-refractivity contribution in [2.75, 3.05) is 0 Å². The zero-order valence-electron chi connectivity index (χ0n) is 10.8. The van der Waals surface area contributed by atoms with Crippen LogP contribution in [0.25, 0.3) is 0 Å². The molecule has 0 fully saturated rings. The van der Waals surface area contributed by atoms with Gasteiger partial charge in [0.2, 0.25) is 0 Å². The molecular weight excluding hydrogens is 294 g/mol. The molecule has 108 valence electrons. The highest BCUT2D eigenvalue weighted by atomic mass is 32.1. The second kappa shape index (κ2) is 6.41. The molecule has 0 aliphatic carbocycles. The number of nitrogens with two attached hydrogens (primary N) is 1. The molecular formula is C15H12F2N2OS. The Bertz CT molecular complexity index is 677. The number of hydrogen-bond donors (Lipinski definition) is 2. The van der Waals surface area contributed by atoms with Crippen LogP contribution in [0.1, 0.15) is 22.0 Å². The van der Waals surface area contributed by atoms with Gasteiger partial charge in [0.15, 0.2) is 0 Å². The van der Waals surface area contributed by atoms with E-state index >= 15 is 0 Å². The smallest absolute Gasteiger partial charge is 0.255 e. The molecule has 0 aromatic heterocycles. The number of thiocarbonyl (C=S) groups is 1. The molecule has 0 saturated heterocycles. The van der Waals surface area contributed by atoms with Crippen molar-refractivity contribution in [3.63, 3.8) is 0 Å². The van der Waals surface area contributed by atoms with Crippen molar-refractivity contribution >= 4 is 23.1 Å². The van der Waals surface area contributed by atoms with Crippen molar-refractivity contribution in [3.05, 3.63) is 71.3 Å². The van der Waals surface area contributed by atoms with E-state index in [0.717, 1.165) is 12.1 Å². The van der Waals surface area contributed by atoms with Gasteiger partial charge in [-0.05, 0) is 17.7 Å². The molecule has 0 aliphatic rings. The Kier molecular flexibility index (Phi) is 4.59. The fourth-order valence-corrected chi connectivity index (χ4v) is 2.04. The zero-order valence-corrected chi connectivity index (χ0v) is 11.7. The van der Waals surface area contributed by atoms with E-state index in [0.29, 0.717) is 11.6 Å². The summed E-state index contributed by atoms with van der Waals surface area (Å²) in [5, 5.41) is 2.54. The normalized spacial score (nSPS) is 11.7. The maximum atomic E-state index is 13.6. The highest BCUT2D eigenvalue weighted by Crippen LogP contribution is 2.15. The lowest BCUT2D eigenvalue weighted by Gasteiger charge is -2.18. The summed E-state index contributed by atoms with van der Waals surface area (Å²) in [6.07, 6.45) is 0. The maximum absolute atomic E-state index is 13.6. The number of carbonyl (C=O) groups excluding carboxylic acids is 1. The first-order valence-electron chi connectivity index (χ1n) is 6.09. The Morgan fingerprint density at radius 3 is 2.38 bits per heavy atom. The van der Waals surface area contributed by atoms with Crippen LogP contribution < -0.4 is 11.1 Å². The molecule has 0 radical (unpaired) electrons. The maximum Gasteiger partial charge on any atom is 0.255 e. The third-order valence-corrected chi connectivity index (χ3v) is 3.10. The number of hydrogen-bond acceptors (Lipinski definition) is 2. The Morgan fingerprint density at radius 1 is 1.14 bits per heavy atom. The lowest BCUT2D eigenvalue weighted by atomic mass is 10.1. The van der Waals surface area contributed by atoms with Crippen molar-refractivity contribution in [3.8, 4) is 0 Å². The largest absolute Gasteiger partial charge is 0.391 e. The van der Waals surface area contributed by atoms with E-state index in [2.05, 4.69) is 5.32 Å². The van der Waals surface area contributed by atoms with E-state index in [9.17, 15) is 13.6 Å². The molecule has 2 aromatic rings. The third kappa shape index (κ3) is 3.61. The van der Waals surface area contributed by atoms with Gasteiger partial charge < -0.3 is 11.1 Å². The number of nitrogens with one attached hydrogen (secondary N) is 1. The van der Waals surface area contributed by atoms with E-state index in [4.69, 9.17) is 18.0 Å². The van der Waals surface area contributed by atoms with Crippen LogP contribution in [0.4, 0.5) is 8.78 Å². The Balaban J connectivity index is 2.25. The quantitative estimate of drug-likeness (QED) is 0.854. The zero-order chi connectivity index (χ0) is 15.4. The van der Waals surface area contributed by atoms with Crippen LogP contribution in [-0.4, -0.2) is 10.9 Å². The average Bonchev–Trinajstić information content (AvgIpc) is 2.45. The molecule has 2 aromatic carbocycles. The molecule has 3 nitrogen and oxygen atoms in total. The van der Waals surface area contributed by atoms with Crippen LogP contribution in [0, 0.1) is 11.6 Å². The van der Waals surface area contributed by atoms with E-state index in [1.54, 1.807) is 24.3 Å². The first kappa shape index (κ1) is 15.1. The van der Waals surface area contributed by atoms with Crippen LogP contribution in [0.3, 0.4) is 0 Å². The van der Waals surface area contributed by atoms with Crippen molar-refractivity contribution < 1.29 is 13.6 Å². The van der Waals surface area contributed by atoms with Crippen molar-refractivity contribution in [2.45, 2.75) is 6.04 Å². The van der Waals surface area contributed by atoms with Gasteiger partial charge in [-0.2, -0.15) is 0 Å². The van der Waals surface area contributed by atoms with Gasteiger partial charge >= 0.3 is 0 Å². The van der Waals surface area contributed by atoms with Gasteiger partial charge in [0.1, 0.15) is 22.7 Å². The molecule has 1 atom stereocenters. The topological polar surface area (TPSA) is 55.1 Å². The predicted molar refractivity (Wildman–Crippen MR) is 79.8 cm³/mol. The minimum absolute atomic E-state index is 0.0528. The number of rotatable bonds is 4. The van der Waals surface area contributed by atoms with Crippen molar-refractivity contribution in [2.24, 2.45) is 5.73 Å². The van der Waals surface area contributed by atoms with Crippen LogP contribution in [0.2, 0.25) is 0 Å². The van der Waals surface area contributed by atoms with Crippen LogP contribution in [-0.2, 0) is 0 Å². The Hall–Kier alpha value is -2.34. The SMILES string of the molecule is NC(=S)C(NC(=O)c1ccc(F)cc1F)c1ccccc1. The molecule has 0 saturated carbocycles. The van der Waals surface area contributed by atoms with Gasteiger partial charge in [-0.1, -0.05) is 42.5 Å². The van der Waals surface area contributed by atoms with Crippen LogP contribution in [0.15, 0.2) is 48.5 Å². The van der Waals surface area contributed by atoms with Gasteiger partial charge in [0.25, 0.3) is 5.91 Å². The van der Waals surface area contributed by atoms with E-state index in [1.165, 1.54) is 0 Å². The van der Waals surface area contributed by atoms with Gasteiger partial charge in [-0.25, -0.2) is 8.78 Å². The van der Waals surface area contributed by atoms with Gasteiger partial charge in [-0.15, -0.1) is 0 Å². The highest BCUT2D eigenvalue weighted by Gasteiger charge is 2.20. The van der Waals surface area contributed by atoms with Crippen LogP contribution >= 0.6 is 12.2 Å². The fourth-order valence-electron chi connectivity index (χ4n) is 1.85. The predicted octanol–water partition coefficient (Wildman–Crippen LogP) is 2.72. The minimum atomic E-state index is -0.942. The minimum Gasteiger partial charge on any atom is -0.391 e. The summed E-state index contributed by atoms with van der Waals surface area (Å²) >= 11 is 4.93. The molecule has 3 N–H and O–H groups in total. The Morgan fingerprint density at radius 2 is 1.81 bits per heavy atom. The third-order valence-electron chi connectivity index (χ3n) is 2.87. The van der Waals surface area contributed by atoms with Crippen molar-refractivity contribution in [1.29, 1.82) is 0 Å². The van der Waals surface area contributed by atoms with Gasteiger partial charge in [0, 0.05) is 6.07 Å². The lowest BCUT2D eigenvalue weighted by molar-refractivity contribution is 0.0942. The molecule has 1 unspecified atom stereocenters. The van der Waals surface area contributed by atoms with Crippen LogP contribution in [0.5, 0.6) is 0 Å². The first-order chi connectivity index (χ1) is 9.99. The second-order valence-corrected chi connectivity index (χ2v) is 4.82. The monoisotopic (exact) mass is 306 g/mol. The molecule has 6 heteroatoms. The summed E-state index contributed by atoms with van der Waals surface area (Å²) in [7, 11) is 0. The molecule has 1 amide bonds. The highest BCUT2D eigenvalue weighted by molar-refractivity contribution is 7.80. The standard InChI is InChI=1S/C15H12F2N2OS/c16-10-6-7-11(12(17)8-10)15(20)19-13(14(18)21)9-4-2-1-3-5-9/h1-8,13H,(H2,18,21)(H,19,20). The van der Waals surface area contributed by atoms with E-state index in [-0.39, 0.29) is 10.6 Å². The summed E-state index contributed by atoms with van der Waals surface area (Å²) < 4.78 is 26.4. The average molecular weight is 306 g/mol. The summed E-state index contributed by atoms with van der Waals surface area (Å²) in [5.41, 5.74) is 6.03. The lowest BCUT2D eigenvalue weighted by Crippen LogP contribution is -2.36. The second-order valence-electron chi connectivity index (χ2n) is 4.34. The molecule has 0 bridgehead atoms. The summed E-state index contributed by atoms with van der Waals surface area (Å²) in [4.78, 5) is 12.1. The first-order valence-corrected chi connectivity index (χ1v) is 6.50. The Labute approximate surface area is 125 Å². The summed E-state index contributed by atoms with van der Waals surface area (Å²) in [6, 6.07) is 10.8. The van der Waals surface area contributed by atoms with Gasteiger partial charge in [0.05, 0.1) is 5.56 Å². The van der Waals surface area contributed by atoms with E-state index in [1.807, 2.05) is 6.07 Å². The fraction of sp³-hybridized carbons (Fsp3) is 0.0667. The number of benzene rings is 2. The number of halogens is 2. The number of amides is 1. The van der Waals surface area contributed by atoms with Gasteiger partial charge in [-0.3, -0.25) is 4.79 Å². The summed E-state index contributed by atoms with van der Waals surface area (Å²) in [6.45, 7) is 0. The molecule has 0 aliphatic heterocycles. The molecule has 2 rings (SSSR count). The van der Waals surface area contributed by atoms with E-state index < -0.39 is 23.6 Å².